The minimum absolute atomic E-state index is 0.0168. The molecule has 0 saturated carbocycles. The van der Waals surface area contributed by atoms with Crippen LogP contribution in [0, 0.1) is 5.92 Å². The number of thiophene rings is 1. The highest BCUT2D eigenvalue weighted by Crippen LogP contribution is 2.36. The van der Waals surface area contributed by atoms with Crippen molar-refractivity contribution in [1.82, 2.24) is 20.2 Å². The normalized spacial score (nSPS) is 16.0. The largest absolute Gasteiger partial charge is 0.494 e. The van der Waals surface area contributed by atoms with E-state index >= 15 is 0 Å². The Morgan fingerprint density at radius 2 is 1.60 bits per heavy atom. The number of hydrogen-bond donors (Lipinski definition) is 1. The molecule has 2 aromatic carbocycles. The fraction of sp³-hybridized carbons (Fsp3) is 0.476. The number of likely N-dealkylation sites (tertiary alicyclic amines) is 1. The summed E-state index contributed by atoms with van der Waals surface area (Å²) in [5, 5.41) is 3.37. The van der Waals surface area contributed by atoms with Crippen molar-refractivity contribution in [3.63, 3.8) is 0 Å². The maximum atomic E-state index is 14.2. The van der Waals surface area contributed by atoms with Crippen LogP contribution in [0.2, 0.25) is 0 Å². The van der Waals surface area contributed by atoms with Crippen molar-refractivity contribution in [2.45, 2.75) is 96.4 Å². The molecule has 1 amide bonds. The number of Topliss-reactive ketones (excluding diaryl/α,β-unsaturated/α-hetero) is 1. The summed E-state index contributed by atoms with van der Waals surface area (Å²) in [6, 6.07) is 20.2. The predicted octanol–water partition coefficient (Wildman–Crippen LogP) is 8.91. The summed E-state index contributed by atoms with van der Waals surface area (Å²) in [4.78, 5) is 41.1. The molecule has 0 unspecified atom stereocenters. The SMILES string of the molecule is CCCCCCCOc1ccc(-c2cnc(-c3ccc(C[C@H](CC(=O)c4ccc(C(C)(C)C)s4)C(=O)N4CCCC45CNC5)cc3)nc2)cc1. The third-order valence-electron chi connectivity index (χ3n) is 10.2. The third-order valence-corrected chi connectivity index (χ3v) is 11.8. The number of nitrogens with zero attached hydrogens (tertiary/aromatic N) is 3. The van der Waals surface area contributed by atoms with Gasteiger partial charge < -0.3 is 15.0 Å². The Hall–Kier alpha value is -3.88. The molecule has 1 N–H and O–H groups in total. The van der Waals surface area contributed by atoms with Gasteiger partial charge in [-0.05, 0) is 66.5 Å². The van der Waals surface area contributed by atoms with Crippen LogP contribution >= 0.6 is 11.3 Å². The highest BCUT2D eigenvalue weighted by Gasteiger charge is 2.49. The summed E-state index contributed by atoms with van der Waals surface area (Å²) in [6.07, 6.45) is 12.6. The second-order valence-corrected chi connectivity index (χ2v) is 16.2. The van der Waals surface area contributed by atoms with Crippen LogP contribution in [0.4, 0.5) is 0 Å². The minimum Gasteiger partial charge on any atom is -0.494 e. The van der Waals surface area contributed by atoms with Crippen molar-refractivity contribution in [3.05, 3.63) is 88.4 Å². The Morgan fingerprint density at radius 3 is 2.24 bits per heavy atom. The van der Waals surface area contributed by atoms with E-state index in [9.17, 15) is 9.59 Å². The number of carbonyl (C=O) groups excluding carboxylic acids is 2. The van der Waals surface area contributed by atoms with Crippen molar-refractivity contribution < 1.29 is 14.3 Å². The molecule has 1 spiro atoms. The van der Waals surface area contributed by atoms with Gasteiger partial charge in [0.1, 0.15) is 5.75 Å². The van der Waals surface area contributed by atoms with Crippen molar-refractivity contribution in [3.8, 4) is 28.3 Å². The molecule has 2 aromatic heterocycles. The number of ketones is 1. The highest BCUT2D eigenvalue weighted by molar-refractivity contribution is 7.14. The van der Waals surface area contributed by atoms with Crippen molar-refractivity contribution >= 4 is 23.0 Å². The fourth-order valence-electron chi connectivity index (χ4n) is 7.09. The summed E-state index contributed by atoms with van der Waals surface area (Å²) in [7, 11) is 0. The van der Waals surface area contributed by atoms with Gasteiger partial charge in [-0.3, -0.25) is 9.59 Å². The number of unbranched alkanes of at least 4 members (excludes halogenated alkanes) is 4. The smallest absolute Gasteiger partial charge is 0.227 e. The summed E-state index contributed by atoms with van der Waals surface area (Å²) < 4.78 is 5.92. The summed E-state index contributed by atoms with van der Waals surface area (Å²) in [6.45, 7) is 11.9. The third kappa shape index (κ3) is 8.52. The van der Waals surface area contributed by atoms with Gasteiger partial charge in [0.15, 0.2) is 11.6 Å². The van der Waals surface area contributed by atoms with Gasteiger partial charge in [0.25, 0.3) is 0 Å². The van der Waals surface area contributed by atoms with Crippen molar-refractivity contribution in [2.24, 2.45) is 5.92 Å². The molecule has 0 aliphatic carbocycles. The topological polar surface area (TPSA) is 84.4 Å². The average Bonchev–Trinajstić information content (AvgIpc) is 3.79. The van der Waals surface area contributed by atoms with Crippen LogP contribution in [0.1, 0.15) is 99.2 Å². The van der Waals surface area contributed by atoms with Gasteiger partial charge in [-0.15, -0.1) is 11.3 Å². The molecule has 2 fully saturated rings. The van der Waals surface area contributed by atoms with Crippen molar-refractivity contribution in [1.29, 1.82) is 0 Å². The zero-order valence-electron chi connectivity index (χ0n) is 30.2. The lowest BCUT2D eigenvalue weighted by atomic mass is 9.86. The van der Waals surface area contributed by atoms with Gasteiger partial charge in [-0.2, -0.15) is 0 Å². The van der Waals surface area contributed by atoms with E-state index < -0.39 is 5.92 Å². The molecule has 264 valence electrons. The van der Waals surface area contributed by atoms with Crippen LogP contribution in [-0.2, 0) is 16.6 Å². The molecule has 1 atom stereocenters. The number of aromatic nitrogens is 2. The summed E-state index contributed by atoms with van der Waals surface area (Å²) in [5.74, 6) is 1.28. The molecule has 2 aliphatic heterocycles. The number of hydrogen-bond acceptors (Lipinski definition) is 7. The molecule has 0 radical (unpaired) electrons. The number of rotatable bonds is 15. The average molecular weight is 693 g/mol. The summed E-state index contributed by atoms with van der Waals surface area (Å²) in [5.41, 5.74) is 3.83. The fourth-order valence-corrected chi connectivity index (χ4v) is 8.10. The Kier molecular flexibility index (Phi) is 11.5. The van der Waals surface area contributed by atoms with E-state index in [1.165, 1.54) is 30.6 Å². The van der Waals surface area contributed by atoms with Crippen LogP contribution in [0.25, 0.3) is 22.5 Å². The quantitative estimate of drug-likeness (QED) is 0.0990. The zero-order chi connectivity index (χ0) is 35.1. The molecule has 7 nitrogen and oxygen atoms in total. The predicted molar refractivity (Wildman–Crippen MR) is 203 cm³/mol. The maximum absolute atomic E-state index is 14.2. The van der Waals surface area contributed by atoms with Crippen LogP contribution in [-0.4, -0.2) is 58.3 Å². The number of ether oxygens (including phenoxy) is 1. The standard InChI is InChI=1S/C42H52N4O3S/c1-5-6-7-8-9-23-49-35-17-15-31(16-18-35)34-26-44-39(45-27-34)32-13-11-30(12-14-32)24-33(40(48)46-22-10-21-42(46)28-43-29-42)25-36(47)37-19-20-38(50-37)41(2,3)4/h11-20,26-27,33,43H,5-10,21-25,28-29H2,1-4H3/t33-/m1/s1. The first-order valence-electron chi connectivity index (χ1n) is 18.5. The van der Waals surface area contributed by atoms with Crippen molar-refractivity contribution in [2.75, 3.05) is 26.2 Å². The molecule has 50 heavy (non-hydrogen) atoms. The van der Waals surface area contributed by atoms with Crippen LogP contribution < -0.4 is 10.1 Å². The van der Waals surface area contributed by atoms with Crippen LogP contribution in [0.15, 0.2) is 73.1 Å². The number of carbonyl (C=O) groups is 2. The molecule has 2 saturated heterocycles. The molecule has 4 heterocycles. The lowest BCUT2D eigenvalue weighted by Gasteiger charge is -2.47. The minimum atomic E-state index is -0.415. The lowest BCUT2D eigenvalue weighted by Crippen LogP contribution is -2.68. The number of benzene rings is 2. The van der Waals surface area contributed by atoms with Gasteiger partial charge >= 0.3 is 0 Å². The molecule has 8 heteroatoms. The van der Waals surface area contributed by atoms with E-state index in [1.54, 1.807) is 11.3 Å². The van der Waals surface area contributed by atoms with Crippen LogP contribution in [0.5, 0.6) is 5.75 Å². The Morgan fingerprint density at radius 1 is 0.900 bits per heavy atom. The number of nitrogens with one attached hydrogen (secondary N) is 1. The van der Waals surface area contributed by atoms with E-state index in [-0.39, 0.29) is 29.1 Å². The highest BCUT2D eigenvalue weighted by atomic mass is 32.1. The van der Waals surface area contributed by atoms with Gasteiger partial charge in [-0.25, -0.2) is 9.97 Å². The molecule has 4 aromatic rings. The van der Waals surface area contributed by atoms with Gasteiger partial charge in [-0.1, -0.05) is 89.8 Å². The first-order chi connectivity index (χ1) is 24.1. The molecule has 6 rings (SSSR count). The Bertz CT molecular complexity index is 1720. The Balaban J connectivity index is 1.10. The van der Waals surface area contributed by atoms with E-state index in [2.05, 4.69) is 66.1 Å². The monoisotopic (exact) mass is 692 g/mol. The number of amides is 1. The maximum Gasteiger partial charge on any atom is 0.227 e. The Labute approximate surface area is 301 Å². The van der Waals surface area contributed by atoms with Crippen LogP contribution in [0.3, 0.4) is 0 Å². The van der Waals surface area contributed by atoms with E-state index in [1.807, 2.05) is 54.9 Å². The second kappa shape index (κ2) is 16.0. The van der Waals surface area contributed by atoms with Gasteiger partial charge in [0, 0.05) is 60.4 Å². The molecular weight excluding hydrogens is 641 g/mol. The molecule has 2 aliphatic rings. The van der Waals surface area contributed by atoms with E-state index in [4.69, 9.17) is 4.74 Å². The summed E-state index contributed by atoms with van der Waals surface area (Å²) >= 11 is 1.56. The zero-order valence-corrected chi connectivity index (χ0v) is 31.0. The van der Waals surface area contributed by atoms with E-state index in [0.29, 0.717) is 12.2 Å². The molecule has 0 bridgehead atoms. The van der Waals surface area contributed by atoms with Gasteiger partial charge in [0.05, 0.1) is 17.0 Å². The lowest BCUT2D eigenvalue weighted by molar-refractivity contribution is -0.141. The second-order valence-electron chi connectivity index (χ2n) is 15.1. The first-order valence-corrected chi connectivity index (χ1v) is 19.3. The van der Waals surface area contributed by atoms with Gasteiger partial charge in [0.2, 0.25) is 5.91 Å². The first kappa shape index (κ1) is 35.9. The van der Waals surface area contributed by atoms with E-state index in [0.717, 1.165) is 78.4 Å². The molecular formula is C42H52N4O3S.